The first-order valence-electron chi connectivity index (χ1n) is 4.78. The molecule has 2 heterocycles. The van der Waals surface area contributed by atoms with Crippen molar-refractivity contribution in [1.82, 2.24) is 9.97 Å². The Labute approximate surface area is 88.4 Å². The summed E-state index contributed by atoms with van der Waals surface area (Å²) in [6.07, 6.45) is 9.18. The molecule has 1 N–H and O–H groups in total. The molecule has 1 aromatic heterocycles. The van der Waals surface area contributed by atoms with Crippen molar-refractivity contribution >= 4 is 6.08 Å². The molecule has 3 nitrogen and oxygen atoms in total. The fourth-order valence-corrected chi connectivity index (χ4v) is 1.28. The van der Waals surface area contributed by atoms with Crippen LogP contribution < -0.4 is 4.74 Å². The van der Waals surface area contributed by atoms with Crippen molar-refractivity contribution in [3.63, 3.8) is 0 Å². The van der Waals surface area contributed by atoms with Gasteiger partial charge in [0.05, 0.1) is 6.33 Å². The number of aromatic nitrogens is 2. The van der Waals surface area contributed by atoms with Crippen LogP contribution in [-0.4, -0.2) is 16.6 Å². The lowest BCUT2D eigenvalue weighted by molar-refractivity contribution is 0.358. The highest BCUT2D eigenvalue weighted by atomic mass is 16.5. The lowest BCUT2D eigenvalue weighted by Crippen LogP contribution is -1.98. The molecule has 15 heavy (non-hydrogen) atoms. The van der Waals surface area contributed by atoms with Gasteiger partial charge in [0, 0.05) is 18.0 Å². The van der Waals surface area contributed by atoms with Gasteiger partial charge in [0.15, 0.2) is 0 Å². The fourth-order valence-electron chi connectivity index (χ4n) is 1.28. The molecule has 76 valence electrons. The summed E-state index contributed by atoms with van der Waals surface area (Å²) in [7, 11) is 0. The zero-order valence-corrected chi connectivity index (χ0v) is 8.26. The van der Waals surface area contributed by atoms with Gasteiger partial charge < -0.3 is 9.72 Å². The van der Waals surface area contributed by atoms with E-state index in [4.69, 9.17) is 4.74 Å². The Kier molecular flexibility index (Phi) is 3.18. The Morgan fingerprint density at radius 3 is 2.87 bits per heavy atom. The lowest BCUT2D eigenvalue weighted by Gasteiger charge is -2.10. The van der Waals surface area contributed by atoms with Crippen molar-refractivity contribution in [2.75, 3.05) is 6.61 Å². The third-order valence-electron chi connectivity index (χ3n) is 1.96. The van der Waals surface area contributed by atoms with Crippen LogP contribution in [0.4, 0.5) is 0 Å². The van der Waals surface area contributed by atoms with Gasteiger partial charge >= 0.3 is 0 Å². The molecule has 0 radical (unpaired) electrons. The van der Waals surface area contributed by atoms with E-state index in [9.17, 15) is 0 Å². The van der Waals surface area contributed by atoms with Gasteiger partial charge in [0.2, 0.25) is 0 Å². The zero-order chi connectivity index (χ0) is 10.3. The van der Waals surface area contributed by atoms with Crippen LogP contribution in [0.25, 0.3) is 6.08 Å². The van der Waals surface area contributed by atoms with E-state index in [1.165, 1.54) is 5.56 Å². The number of H-pyrrole nitrogens is 1. The molecule has 1 aliphatic rings. The summed E-state index contributed by atoms with van der Waals surface area (Å²) < 4.78 is 5.34. The molecular weight excluding hydrogens is 188 g/mol. The zero-order valence-electron chi connectivity index (χ0n) is 8.26. The van der Waals surface area contributed by atoms with Gasteiger partial charge in [0.1, 0.15) is 12.4 Å². The Morgan fingerprint density at radius 1 is 1.27 bits per heavy atom. The molecular formula is C12H12N2O. The summed E-state index contributed by atoms with van der Waals surface area (Å²) in [5.41, 5.74) is 1.17. The van der Waals surface area contributed by atoms with Crippen molar-refractivity contribution in [2.24, 2.45) is 0 Å². The Balaban J connectivity index is 0.000000144. The lowest BCUT2D eigenvalue weighted by atomic mass is 10.1. The second-order valence-electron chi connectivity index (χ2n) is 3.01. The van der Waals surface area contributed by atoms with E-state index in [1.807, 2.05) is 30.3 Å². The molecule has 1 aliphatic heterocycles. The minimum absolute atomic E-state index is 0.705. The van der Waals surface area contributed by atoms with Crippen molar-refractivity contribution in [3.8, 4) is 5.75 Å². The van der Waals surface area contributed by atoms with Crippen molar-refractivity contribution < 1.29 is 4.74 Å². The molecule has 0 aliphatic carbocycles. The van der Waals surface area contributed by atoms with Crippen molar-refractivity contribution in [1.29, 1.82) is 0 Å². The maximum absolute atomic E-state index is 5.34. The van der Waals surface area contributed by atoms with E-state index in [0.29, 0.717) is 6.61 Å². The summed E-state index contributed by atoms with van der Waals surface area (Å²) >= 11 is 0. The number of nitrogens with zero attached hydrogens (tertiary/aromatic N) is 1. The van der Waals surface area contributed by atoms with Gasteiger partial charge in [0.25, 0.3) is 0 Å². The second kappa shape index (κ2) is 5.00. The summed E-state index contributed by atoms with van der Waals surface area (Å²) in [4.78, 5) is 6.42. The summed E-state index contributed by atoms with van der Waals surface area (Å²) in [6.45, 7) is 0.705. The van der Waals surface area contributed by atoms with Gasteiger partial charge in [-0.2, -0.15) is 0 Å². The van der Waals surface area contributed by atoms with Gasteiger partial charge in [-0.05, 0) is 12.1 Å². The normalized spacial score (nSPS) is 12.0. The molecule has 0 saturated carbocycles. The Bertz CT molecular complexity index is 404. The van der Waals surface area contributed by atoms with Crippen LogP contribution in [0.15, 0.2) is 49.1 Å². The average molecular weight is 200 g/mol. The number of hydrogen-bond acceptors (Lipinski definition) is 2. The molecule has 0 saturated heterocycles. The Morgan fingerprint density at radius 2 is 2.20 bits per heavy atom. The first kappa shape index (κ1) is 9.52. The van der Waals surface area contributed by atoms with E-state index in [-0.39, 0.29) is 0 Å². The predicted molar refractivity (Wildman–Crippen MR) is 59.6 cm³/mol. The van der Waals surface area contributed by atoms with Gasteiger partial charge in [-0.15, -0.1) is 0 Å². The van der Waals surface area contributed by atoms with Crippen LogP contribution in [0.2, 0.25) is 0 Å². The third-order valence-corrected chi connectivity index (χ3v) is 1.96. The molecule has 3 rings (SSSR count). The predicted octanol–water partition coefficient (Wildman–Crippen LogP) is 2.50. The molecule has 0 spiro atoms. The number of fused-ring (bicyclic) bond motifs is 1. The average Bonchev–Trinajstić information content (AvgIpc) is 2.88. The number of hydrogen-bond donors (Lipinski definition) is 1. The van der Waals surface area contributed by atoms with E-state index in [1.54, 1.807) is 18.7 Å². The molecule has 0 amide bonds. The Hall–Kier alpha value is -2.03. The first-order valence-corrected chi connectivity index (χ1v) is 4.78. The van der Waals surface area contributed by atoms with Crippen LogP contribution in [0, 0.1) is 0 Å². The maximum atomic E-state index is 5.34. The third kappa shape index (κ3) is 2.71. The number of nitrogens with one attached hydrogen (secondary N) is 1. The first-order chi connectivity index (χ1) is 7.47. The molecule has 0 unspecified atom stereocenters. The van der Waals surface area contributed by atoms with E-state index >= 15 is 0 Å². The highest BCUT2D eigenvalue weighted by Crippen LogP contribution is 2.21. The quantitative estimate of drug-likeness (QED) is 0.709. The molecule has 3 heteroatoms. The van der Waals surface area contributed by atoms with Crippen molar-refractivity contribution in [3.05, 3.63) is 54.6 Å². The largest absolute Gasteiger partial charge is 0.489 e. The van der Waals surface area contributed by atoms with E-state index in [2.05, 4.69) is 16.0 Å². The minimum Gasteiger partial charge on any atom is -0.489 e. The second-order valence-corrected chi connectivity index (χ2v) is 3.01. The number of benzene rings is 1. The van der Waals surface area contributed by atoms with Crippen LogP contribution >= 0.6 is 0 Å². The van der Waals surface area contributed by atoms with Crippen LogP contribution in [0.5, 0.6) is 5.75 Å². The summed E-state index contributed by atoms with van der Waals surface area (Å²) in [5.74, 6) is 0.991. The topological polar surface area (TPSA) is 37.9 Å². The molecule has 1 aromatic carbocycles. The van der Waals surface area contributed by atoms with Crippen LogP contribution in [0.1, 0.15) is 5.56 Å². The number of imidazole rings is 1. The number of ether oxygens (including phenoxy) is 1. The minimum atomic E-state index is 0.705. The van der Waals surface area contributed by atoms with E-state index < -0.39 is 0 Å². The monoisotopic (exact) mass is 200 g/mol. The standard InChI is InChI=1S/C9H8O.C3H4N2/c1-2-6-9-8(4-1)5-3-7-10-9;1-2-5-3-4-1/h1-6H,7H2;1-3H,(H,4,5). The molecule has 0 bridgehead atoms. The van der Waals surface area contributed by atoms with Crippen molar-refractivity contribution in [2.45, 2.75) is 0 Å². The maximum Gasteiger partial charge on any atom is 0.126 e. The smallest absolute Gasteiger partial charge is 0.126 e. The number of para-hydroxylation sites is 1. The number of rotatable bonds is 0. The SMILES string of the molecule is C1=Cc2ccccc2OC1.c1c[nH]cn1. The van der Waals surface area contributed by atoms with Crippen LogP contribution in [-0.2, 0) is 0 Å². The van der Waals surface area contributed by atoms with Gasteiger partial charge in [-0.3, -0.25) is 0 Å². The van der Waals surface area contributed by atoms with Gasteiger partial charge in [-0.1, -0.05) is 24.3 Å². The molecule has 2 aromatic rings. The van der Waals surface area contributed by atoms with E-state index in [0.717, 1.165) is 5.75 Å². The highest BCUT2D eigenvalue weighted by Gasteiger charge is 2.01. The molecule has 0 fully saturated rings. The summed E-state index contributed by atoms with van der Waals surface area (Å²) in [6, 6.07) is 8.03. The highest BCUT2D eigenvalue weighted by molar-refractivity contribution is 5.58. The fraction of sp³-hybridized carbons (Fsp3) is 0.0833. The van der Waals surface area contributed by atoms with Gasteiger partial charge in [-0.25, -0.2) is 4.98 Å². The number of aromatic amines is 1. The van der Waals surface area contributed by atoms with Crippen LogP contribution in [0.3, 0.4) is 0 Å². The molecule has 0 atom stereocenters. The summed E-state index contributed by atoms with van der Waals surface area (Å²) in [5, 5.41) is 0.